The molecule has 3 N–H and O–H groups in total. The van der Waals surface area contributed by atoms with E-state index in [0.29, 0.717) is 5.92 Å². The molecule has 3 nitrogen and oxygen atoms in total. The number of hydrogen-bond acceptors (Lipinski definition) is 3. The van der Waals surface area contributed by atoms with E-state index in [4.69, 9.17) is 10.5 Å². The maximum Gasteiger partial charge on any atom is 0.0950 e. The monoisotopic (exact) mass is 173 g/mol. The second-order valence-corrected chi connectivity index (χ2v) is 4.01. The van der Waals surface area contributed by atoms with E-state index in [1.807, 2.05) is 6.92 Å². The third-order valence-corrected chi connectivity index (χ3v) is 2.56. The molecule has 0 aromatic rings. The Morgan fingerprint density at radius 2 is 2.08 bits per heavy atom. The quantitative estimate of drug-likeness (QED) is 0.607. The third-order valence-electron chi connectivity index (χ3n) is 2.56. The van der Waals surface area contributed by atoms with Gasteiger partial charge in [-0.05, 0) is 19.3 Å². The summed E-state index contributed by atoms with van der Waals surface area (Å²) in [6, 6.07) is -0.124. The van der Waals surface area contributed by atoms with Crippen LogP contribution in [-0.4, -0.2) is 29.5 Å². The van der Waals surface area contributed by atoms with Crippen LogP contribution >= 0.6 is 0 Å². The average molecular weight is 173 g/mol. The Morgan fingerprint density at radius 3 is 2.50 bits per heavy atom. The van der Waals surface area contributed by atoms with E-state index in [1.54, 1.807) is 0 Å². The first kappa shape index (κ1) is 9.96. The molecule has 1 fully saturated rings. The largest absolute Gasteiger partial charge is 0.389 e. The van der Waals surface area contributed by atoms with Crippen molar-refractivity contribution < 1.29 is 9.84 Å². The molecule has 0 spiro atoms. The molecular weight excluding hydrogens is 154 g/mol. The number of aliphatic hydroxyl groups excluding tert-OH is 1. The van der Waals surface area contributed by atoms with Crippen LogP contribution in [0.4, 0.5) is 0 Å². The molecule has 1 heterocycles. The minimum atomic E-state index is -0.500. The molecule has 0 saturated carbocycles. The highest BCUT2D eigenvalue weighted by Crippen LogP contribution is 2.23. The highest BCUT2D eigenvalue weighted by Gasteiger charge is 2.33. The smallest absolute Gasteiger partial charge is 0.0950 e. The van der Waals surface area contributed by atoms with Crippen molar-refractivity contribution in [3.05, 3.63) is 0 Å². The summed E-state index contributed by atoms with van der Waals surface area (Å²) in [4.78, 5) is 0. The lowest BCUT2D eigenvalue weighted by atomic mass is 9.91. The second kappa shape index (κ2) is 3.73. The maximum absolute atomic E-state index is 9.50. The van der Waals surface area contributed by atoms with Crippen molar-refractivity contribution in [1.82, 2.24) is 0 Å². The molecule has 3 heteroatoms. The van der Waals surface area contributed by atoms with Crippen LogP contribution in [0.3, 0.4) is 0 Å². The van der Waals surface area contributed by atoms with Gasteiger partial charge in [-0.25, -0.2) is 0 Å². The van der Waals surface area contributed by atoms with Gasteiger partial charge in [-0.1, -0.05) is 13.8 Å². The summed E-state index contributed by atoms with van der Waals surface area (Å²) < 4.78 is 5.60. The van der Waals surface area contributed by atoms with Gasteiger partial charge in [-0.15, -0.1) is 0 Å². The van der Waals surface area contributed by atoms with E-state index >= 15 is 0 Å². The molecule has 4 atom stereocenters. The van der Waals surface area contributed by atoms with Crippen molar-refractivity contribution in [3.8, 4) is 0 Å². The lowest BCUT2D eigenvalue weighted by Crippen LogP contribution is -2.52. The highest BCUT2D eigenvalue weighted by molar-refractivity contribution is 4.86. The maximum atomic E-state index is 9.50. The Hall–Kier alpha value is -0.120. The molecular formula is C9H19NO2. The first-order valence-electron chi connectivity index (χ1n) is 4.61. The van der Waals surface area contributed by atoms with Gasteiger partial charge in [0.15, 0.2) is 0 Å². The minimum Gasteiger partial charge on any atom is -0.389 e. The molecule has 0 aromatic carbocycles. The Bertz CT molecular complexity index is 137. The fourth-order valence-corrected chi connectivity index (χ4v) is 1.60. The molecule has 12 heavy (non-hydrogen) atoms. The molecule has 0 bridgehead atoms. The van der Waals surface area contributed by atoms with Crippen molar-refractivity contribution in [2.45, 2.75) is 51.5 Å². The lowest BCUT2D eigenvalue weighted by molar-refractivity contribution is -0.131. The standard InChI is InChI=1S/C9H19NO2/c1-5(2)8-4-7(10)9(11)6(3)12-8/h5-9,11H,4,10H2,1-3H3/t6-,7-,8+,9+/m0/s1. The van der Waals surface area contributed by atoms with Gasteiger partial charge in [-0.3, -0.25) is 0 Å². The topological polar surface area (TPSA) is 55.5 Å². The Balaban J connectivity index is 2.53. The zero-order valence-electron chi connectivity index (χ0n) is 8.03. The number of aliphatic hydroxyl groups is 1. The Kier molecular flexibility index (Phi) is 3.09. The van der Waals surface area contributed by atoms with Crippen LogP contribution in [0.5, 0.6) is 0 Å². The average Bonchev–Trinajstić information content (AvgIpc) is 1.99. The molecule has 72 valence electrons. The fourth-order valence-electron chi connectivity index (χ4n) is 1.60. The second-order valence-electron chi connectivity index (χ2n) is 4.01. The van der Waals surface area contributed by atoms with Gasteiger partial charge in [-0.2, -0.15) is 0 Å². The summed E-state index contributed by atoms with van der Waals surface area (Å²) >= 11 is 0. The molecule has 1 aliphatic rings. The van der Waals surface area contributed by atoms with E-state index in [9.17, 15) is 5.11 Å². The third kappa shape index (κ3) is 1.97. The molecule has 0 amide bonds. The molecule has 1 aliphatic heterocycles. The summed E-state index contributed by atoms with van der Waals surface area (Å²) in [5, 5.41) is 9.50. The van der Waals surface area contributed by atoms with E-state index in [-0.39, 0.29) is 18.2 Å². The molecule has 0 radical (unpaired) electrons. The SMILES string of the molecule is CC(C)[C@H]1C[C@H](N)[C@H](O)[C@H](C)O1. The predicted octanol–water partition coefficient (Wildman–Crippen LogP) is 0.508. The summed E-state index contributed by atoms with van der Waals surface area (Å²) in [6.07, 6.45) is 0.350. The summed E-state index contributed by atoms with van der Waals surface area (Å²) in [5.74, 6) is 0.478. The summed E-state index contributed by atoms with van der Waals surface area (Å²) in [7, 11) is 0. The van der Waals surface area contributed by atoms with Gasteiger partial charge < -0.3 is 15.6 Å². The summed E-state index contributed by atoms with van der Waals surface area (Å²) in [5.41, 5.74) is 5.77. The number of hydrogen-bond donors (Lipinski definition) is 2. The van der Waals surface area contributed by atoms with E-state index in [2.05, 4.69) is 13.8 Å². The first-order valence-corrected chi connectivity index (χ1v) is 4.61. The van der Waals surface area contributed by atoms with Gasteiger partial charge >= 0.3 is 0 Å². The molecule has 1 saturated heterocycles. The molecule has 0 unspecified atom stereocenters. The first-order chi connectivity index (χ1) is 5.52. The van der Waals surface area contributed by atoms with Gasteiger partial charge in [0.2, 0.25) is 0 Å². The number of nitrogens with two attached hydrogens (primary N) is 1. The van der Waals surface area contributed by atoms with Gasteiger partial charge in [0.25, 0.3) is 0 Å². The van der Waals surface area contributed by atoms with Crippen LogP contribution < -0.4 is 5.73 Å². The van der Waals surface area contributed by atoms with Crippen molar-refractivity contribution in [2.24, 2.45) is 11.7 Å². The van der Waals surface area contributed by atoms with Crippen molar-refractivity contribution in [3.63, 3.8) is 0 Å². The molecule has 0 aromatic heterocycles. The number of rotatable bonds is 1. The predicted molar refractivity (Wildman–Crippen MR) is 47.8 cm³/mol. The minimum absolute atomic E-state index is 0.124. The zero-order chi connectivity index (χ0) is 9.30. The van der Waals surface area contributed by atoms with Crippen LogP contribution in [0.1, 0.15) is 27.2 Å². The van der Waals surface area contributed by atoms with E-state index in [1.165, 1.54) is 0 Å². The van der Waals surface area contributed by atoms with Gasteiger partial charge in [0.05, 0.1) is 18.3 Å². The van der Waals surface area contributed by atoms with Crippen LogP contribution in [0.15, 0.2) is 0 Å². The Morgan fingerprint density at radius 1 is 1.50 bits per heavy atom. The van der Waals surface area contributed by atoms with Crippen LogP contribution in [-0.2, 0) is 4.74 Å². The molecule has 1 rings (SSSR count). The van der Waals surface area contributed by atoms with Crippen LogP contribution in [0, 0.1) is 5.92 Å². The zero-order valence-corrected chi connectivity index (χ0v) is 8.03. The molecule has 0 aliphatic carbocycles. The van der Waals surface area contributed by atoms with Crippen LogP contribution in [0.25, 0.3) is 0 Å². The van der Waals surface area contributed by atoms with Gasteiger partial charge in [0, 0.05) is 6.04 Å². The lowest BCUT2D eigenvalue weighted by Gasteiger charge is -2.38. The van der Waals surface area contributed by atoms with Crippen molar-refractivity contribution in [1.29, 1.82) is 0 Å². The normalized spacial score (nSPS) is 43.5. The van der Waals surface area contributed by atoms with Crippen LogP contribution in [0.2, 0.25) is 0 Å². The summed E-state index contributed by atoms with van der Waals surface area (Å²) in [6.45, 7) is 6.10. The fraction of sp³-hybridized carbons (Fsp3) is 1.00. The van der Waals surface area contributed by atoms with Gasteiger partial charge in [0.1, 0.15) is 0 Å². The van der Waals surface area contributed by atoms with Crippen molar-refractivity contribution >= 4 is 0 Å². The van der Waals surface area contributed by atoms with E-state index < -0.39 is 6.10 Å². The van der Waals surface area contributed by atoms with E-state index in [0.717, 1.165) is 6.42 Å². The Labute approximate surface area is 73.9 Å². The number of ether oxygens (including phenoxy) is 1. The van der Waals surface area contributed by atoms with Crippen molar-refractivity contribution in [2.75, 3.05) is 0 Å². The highest BCUT2D eigenvalue weighted by atomic mass is 16.5.